The number of aromatic nitrogens is 3. The first kappa shape index (κ1) is 30.4. The van der Waals surface area contributed by atoms with Gasteiger partial charge in [0.2, 0.25) is 17.7 Å². The maximum Gasteiger partial charge on any atom is 0.254 e. The smallest absolute Gasteiger partial charge is 0.254 e. The van der Waals surface area contributed by atoms with Crippen LogP contribution in [0.15, 0.2) is 48.9 Å². The number of hydrogen-bond donors (Lipinski definition) is 2. The number of fused-ring (bicyclic) bond motifs is 4. The molecular weight excluding hydrogens is 540 g/mol. The highest BCUT2D eigenvalue weighted by Gasteiger charge is 2.26. The topological polar surface area (TPSA) is 137 Å². The van der Waals surface area contributed by atoms with Crippen molar-refractivity contribution in [1.82, 2.24) is 30.1 Å². The Hall–Kier alpha value is -4.61. The SMILES string of the molecule is COc1cc(C(=O)N2CCCOc3cc(ccc3OC)-c3nccn3CCCNC(=O)[C@@H](C(C)C)NC(=O)C2)ccn1. The van der Waals surface area contributed by atoms with Gasteiger partial charge in [-0.15, -0.1) is 0 Å². The van der Waals surface area contributed by atoms with Crippen LogP contribution >= 0.6 is 0 Å². The van der Waals surface area contributed by atoms with E-state index in [1.807, 2.05) is 42.8 Å². The molecule has 0 saturated heterocycles. The number of methoxy groups -OCH3 is 2. The van der Waals surface area contributed by atoms with Crippen molar-refractivity contribution in [3.8, 4) is 28.8 Å². The van der Waals surface area contributed by atoms with Gasteiger partial charge >= 0.3 is 0 Å². The van der Waals surface area contributed by atoms with Crippen LogP contribution in [0.4, 0.5) is 0 Å². The van der Waals surface area contributed by atoms with Crippen LogP contribution in [0.5, 0.6) is 17.4 Å². The Morgan fingerprint density at radius 2 is 1.88 bits per heavy atom. The van der Waals surface area contributed by atoms with Crippen molar-refractivity contribution in [3.63, 3.8) is 0 Å². The number of benzene rings is 1. The maximum atomic E-state index is 13.5. The van der Waals surface area contributed by atoms with Gasteiger partial charge in [0.1, 0.15) is 11.9 Å². The molecule has 1 aliphatic heterocycles. The number of hydrogen-bond acceptors (Lipinski definition) is 8. The van der Waals surface area contributed by atoms with Crippen LogP contribution in [0.2, 0.25) is 0 Å². The number of aryl methyl sites for hydroxylation is 1. The third kappa shape index (κ3) is 7.56. The zero-order valence-electron chi connectivity index (χ0n) is 24.5. The van der Waals surface area contributed by atoms with Crippen LogP contribution in [0.3, 0.4) is 0 Å². The van der Waals surface area contributed by atoms with E-state index in [1.165, 1.54) is 24.3 Å². The second-order valence-electron chi connectivity index (χ2n) is 10.3. The van der Waals surface area contributed by atoms with E-state index in [4.69, 9.17) is 14.2 Å². The monoisotopic (exact) mass is 578 g/mol. The van der Waals surface area contributed by atoms with Crippen LogP contribution in [0.25, 0.3) is 11.4 Å². The number of carbonyl (C=O) groups is 3. The number of pyridine rings is 1. The van der Waals surface area contributed by atoms with E-state index in [1.54, 1.807) is 19.4 Å². The lowest BCUT2D eigenvalue weighted by Crippen LogP contribution is -2.52. The third-order valence-corrected chi connectivity index (χ3v) is 6.92. The van der Waals surface area contributed by atoms with Gasteiger partial charge in [-0.05, 0) is 43.0 Å². The van der Waals surface area contributed by atoms with Crippen molar-refractivity contribution in [1.29, 1.82) is 0 Å². The Morgan fingerprint density at radius 1 is 1.05 bits per heavy atom. The first-order valence-electron chi connectivity index (χ1n) is 14.0. The molecule has 1 atom stereocenters. The van der Waals surface area contributed by atoms with E-state index in [0.717, 1.165) is 11.4 Å². The summed E-state index contributed by atoms with van der Waals surface area (Å²) in [5, 5.41) is 5.77. The van der Waals surface area contributed by atoms with Crippen molar-refractivity contribution < 1.29 is 28.6 Å². The molecule has 12 heteroatoms. The molecule has 1 aromatic carbocycles. The number of nitrogens with one attached hydrogen (secondary N) is 2. The van der Waals surface area contributed by atoms with E-state index >= 15 is 0 Å². The lowest BCUT2D eigenvalue weighted by molar-refractivity contribution is -0.130. The van der Waals surface area contributed by atoms with Crippen LogP contribution in [0, 0.1) is 5.92 Å². The van der Waals surface area contributed by atoms with E-state index in [0.29, 0.717) is 43.0 Å². The van der Waals surface area contributed by atoms with Crippen molar-refractivity contribution in [2.75, 3.05) is 40.5 Å². The normalized spacial score (nSPS) is 17.1. The van der Waals surface area contributed by atoms with Gasteiger partial charge in [-0.2, -0.15) is 0 Å². The highest BCUT2D eigenvalue weighted by molar-refractivity contribution is 5.97. The molecule has 0 aliphatic carbocycles. The molecule has 3 aromatic rings. The second-order valence-corrected chi connectivity index (χ2v) is 10.3. The van der Waals surface area contributed by atoms with Gasteiger partial charge in [0, 0.05) is 55.4 Å². The molecule has 0 radical (unpaired) electrons. The van der Waals surface area contributed by atoms with Crippen molar-refractivity contribution in [2.45, 2.75) is 39.3 Å². The molecule has 12 nitrogen and oxygen atoms in total. The van der Waals surface area contributed by atoms with Gasteiger partial charge in [0.25, 0.3) is 5.91 Å². The summed E-state index contributed by atoms with van der Waals surface area (Å²) in [4.78, 5) is 49.8. The summed E-state index contributed by atoms with van der Waals surface area (Å²) in [7, 11) is 3.04. The van der Waals surface area contributed by atoms with E-state index in [9.17, 15) is 14.4 Å². The van der Waals surface area contributed by atoms with Gasteiger partial charge in [0.15, 0.2) is 11.5 Å². The van der Waals surface area contributed by atoms with Crippen molar-refractivity contribution >= 4 is 17.7 Å². The number of imidazole rings is 1. The molecule has 0 fully saturated rings. The molecule has 3 heterocycles. The number of rotatable bonds is 4. The zero-order valence-corrected chi connectivity index (χ0v) is 24.5. The summed E-state index contributed by atoms with van der Waals surface area (Å²) in [6, 6.07) is 7.96. The fraction of sp³-hybridized carbons (Fsp3) is 0.433. The van der Waals surface area contributed by atoms with Gasteiger partial charge in [-0.3, -0.25) is 14.4 Å². The Balaban J connectivity index is 1.61. The Kier molecular flexibility index (Phi) is 10.4. The maximum absolute atomic E-state index is 13.5. The molecule has 0 unspecified atom stereocenters. The highest BCUT2D eigenvalue weighted by atomic mass is 16.5. The molecule has 2 aromatic heterocycles. The van der Waals surface area contributed by atoms with Crippen LogP contribution in [0.1, 0.15) is 37.0 Å². The van der Waals surface area contributed by atoms with E-state index in [2.05, 4.69) is 20.6 Å². The Labute approximate surface area is 245 Å². The predicted octanol–water partition coefficient (Wildman–Crippen LogP) is 2.53. The van der Waals surface area contributed by atoms with Crippen LogP contribution < -0.4 is 24.8 Å². The molecule has 4 rings (SSSR count). The lowest BCUT2D eigenvalue weighted by atomic mass is 10.0. The number of ether oxygens (including phenoxy) is 3. The summed E-state index contributed by atoms with van der Waals surface area (Å²) < 4.78 is 18.8. The van der Waals surface area contributed by atoms with Gasteiger partial charge in [0.05, 0.1) is 27.4 Å². The molecule has 1 aliphatic rings. The van der Waals surface area contributed by atoms with E-state index < -0.39 is 11.9 Å². The molecule has 0 spiro atoms. The molecule has 42 heavy (non-hydrogen) atoms. The Bertz CT molecular complexity index is 1390. The summed E-state index contributed by atoms with van der Waals surface area (Å²) >= 11 is 0. The lowest BCUT2D eigenvalue weighted by Gasteiger charge is -2.26. The van der Waals surface area contributed by atoms with Crippen LogP contribution in [-0.2, 0) is 16.1 Å². The fourth-order valence-electron chi connectivity index (χ4n) is 4.70. The largest absolute Gasteiger partial charge is 0.493 e. The molecule has 0 saturated carbocycles. The average molecular weight is 579 g/mol. The molecule has 3 amide bonds. The summed E-state index contributed by atoms with van der Waals surface area (Å²) in [6.07, 6.45) is 6.19. The molecular formula is C30H38N6O6. The fourth-order valence-corrected chi connectivity index (χ4v) is 4.70. The number of amides is 3. The second kappa shape index (κ2) is 14.3. The van der Waals surface area contributed by atoms with Crippen LogP contribution in [-0.4, -0.2) is 83.7 Å². The number of nitrogens with zero attached hydrogens (tertiary/aromatic N) is 4. The summed E-state index contributed by atoms with van der Waals surface area (Å²) in [5.41, 5.74) is 1.19. The first-order chi connectivity index (χ1) is 20.3. The molecule has 2 bridgehead atoms. The van der Waals surface area contributed by atoms with Gasteiger partial charge in [-0.25, -0.2) is 9.97 Å². The van der Waals surface area contributed by atoms with Gasteiger partial charge < -0.3 is 34.3 Å². The van der Waals surface area contributed by atoms with Crippen molar-refractivity contribution in [2.24, 2.45) is 5.92 Å². The van der Waals surface area contributed by atoms with Gasteiger partial charge in [-0.1, -0.05) is 13.8 Å². The predicted molar refractivity (Wildman–Crippen MR) is 155 cm³/mol. The van der Waals surface area contributed by atoms with E-state index in [-0.39, 0.29) is 43.3 Å². The quantitative estimate of drug-likeness (QED) is 0.482. The molecule has 224 valence electrons. The minimum absolute atomic E-state index is 0.161. The zero-order chi connectivity index (χ0) is 30.1. The average Bonchev–Trinajstić information content (AvgIpc) is 3.47. The molecule has 2 N–H and O–H groups in total. The minimum Gasteiger partial charge on any atom is -0.493 e. The summed E-state index contributed by atoms with van der Waals surface area (Å²) in [5.74, 6) is 0.936. The number of carbonyl (C=O) groups excluding carboxylic acids is 3. The highest BCUT2D eigenvalue weighted by Crippen LogP contribution is 2.32. The Morgan fingerprint density at radius 3 is 2.64 bits per heavy atom. The summed E-state index contributed by atoms with van der Waals surface area (Å²) in [6.45, 7) is 5.03. The van der Waals surface area contributed by atoms with Crippen molar-refractivity contribution in [3.05, 3.63) is 54.5 Å². The first-order valence-corrected chi connectivity index (χ1v) is 14.0. The standard InChI is InChI=1S/C30H38N6O6/c1-20(2)27-29(38)33-10-5-13-35-15-12-32-28(35)21-7-8-23(40-3)24(17-21)42-16-6-14-36(19-25(37)34-27)30(39)22-9-11-31-26(18-22)41-4/h7-9,11-12,15,17-18,20,27H,5-6,10,13-14,16,19H2,1-4H3,(H,33,38)(H,34,37)/t27-/m1/s1. The third-order valence-electron chi connectivity index (χ3n) is 6.92. The minimum atomic E-state index is -0.751.